The van der Waals surface area contributed by atoms with E-state index in [-0.39, 0.29) is 16.2 Å². The van der Waals surface area contributed by atoms with Crippen molar-refractivity contribution in [2.24, 2.45) is 11.3 Å². The normalized spacial score (nSPS) is 25.0. The smallest absolute Gasteiger partial charge is 0.0317 e. The van der Waals surface area contributed by atoms with E-state index in [1.807, 2.05) is 0 Å². The van der Waals surface area contributed by atoms with Crippen LogP contribution < -0.4 is 5.73 Å². The van der Waals surface area contributed by atoms with Gasteiger partial charge in [-0.15, -0.1) is 0 Å². The summed E-state index contributed by atoms with van der Waals surface area (Å²) >= 11 is 2.47. The Morgan fingerprint density at radius 1 is 1.03 bits per heavy atom. The predicted molar refractivity (Wildman–Crippen MR) is 156 cm³/mol. The first-order chi connectivity index (χ1) is 15.8. The summed E-state index contributed by atoms with van der Waals surface area (Å²) in [5.41, 5.74) is 19.3. The van der Waals surface area contributed by atoms with Gasteiger partial charge >= 0.3 is 0 Å². The van der Waals surface area contributed by atoms with E-state index in [2.05, 4.69) is 120 Å². The van der Waals surface area contributed by atoms with Gasteiger partial charge < -0.3 is 5.73 Å². The van der Waals surface area contributed by atoms with Gasteiger partial charge in [0.1, 0.15) is 0 Å². The van der Waals surface area contributed by atoms with Gasteiger partial charge in [-0.05, 0) is 123 Å². The van der Waals surface area contributed by atoms with Gasteiger partial charge in [0, 0.05) is 20.1 Å². The molecule has 0 bridgehead atoms. The first kappa shape index (κ1) is 23.9. The Morgan fingerprint density at radius 2 is 1.76 bits per heavy atom. The average Bonchev–Trinajstić information content (AvgIpc) is 3.07. The molecule has 0 amide bonds. The van der Waals surface area contributed by atoms with Gasteiger partial charge in [0.2, 0.25) is 0 Å². The van der Waals surface area contributed by atoms with E-state index in [0.29, 0.717) is 5.92 Å². The molecular weight excluding hydrogens is 525 g/mol. The molecule has 0 aliphatic heterocycles. The second-order valence-corrected chi connectivity index (χ2v) is 13.8. The minimum Gasteiger partial charge on any atom is -0.399 e. The van der Waals surface area contributed by atoms with Crippen LogP contribution in [0.4, 0.5) is 5.69 Å². The third kappa shape index (κ3) is 3.63. The molecule has 2 heteroatoms. The quantitative estimate of drug-likeness (QED) is 0.292. The van der Waals surface area contributed by atoms with Crippen molar-refractivity contribution in [1.82, 2.24) is 0 Å². The van der Waals surface area contributed by atoms with E-state index in [9.17, 15) is 0 Å². The standard InChI is InChI=1S/C32H38IN/c1-19-8-12-27-24(14-19)25-15-21(33)9-13-28(25)32(27,7)18-30(3,4)17-26-20(2)31(5,6)29-16-22(34)10-11-23(26)29/h8-13,15-16,19H,14,17-18,34H2,1-7H3. The van der Waals surface area contributed by atoms with Crippen LogP contribution in [0.25, 0.3) is 11.1 Å². The molecule has 178 valence electrons. The largest absolute Gasteiger partial charge is 0.399 e. The highest BCUT2D eigenvalue weighted by atomic mass is 127. The summed E-state index contributed by atoms with van der Waals surface area (Å²) in [5.74, 6) is 0.609. The van der Waals surface area contributed by atoms with E-state index in [1.54, 1.807) is 11.1 Å². The van der Waals surface area contributed by atoms with Gasteiger partial charge in [-0.3, -0.25) is 0 Å². The van der Waals surface area contributed by atoms with Gasteiger partial charge in [-0.1, -0.05) is 71.4 Å². The Hall–Kier alpha value is -1.81. The minimum atomic E-state index is 0.0363. The van der Waals surface area contributed by atoms with E-state index >= 15 is 0 Å². The summed E-state index contributed by atoms with van der Waals surface area (Å²) < 4.78 is 1.33. The topological polar surface area (TPSA) is 26.0 Å². The fourth-order valence-corrected chi connectivity index (χ4v) is 7.56. The number of benzene rings is 2. The Kier molecular flexibility index (Phi) is 5.52. The zero-order valence-corrected chi connectivity index (χ0v) is 23.9. The third-order valence-electron chi connectivity index (χ3n) is 8.86. The number of anilines is 1. The molecule has 2 atom stereocenters. The molecule has 0 aromatic heterocycles. The maximum atomic E-state index is 6.19. The molecule has 0 radical (unpaired) electrons. The summed E-state index contributed by atoms with van der Waals surface area (Å²) in [6.07, 6.45) is 8.24. The van der Waals surface area contributed by atoms with Gasteiger partial charge in [-0.2, -0.15) is 0 Å². The molecule has 2 N–H and O–H groups in total. The molecule has 0 fully saturated rings. The van der Waals surface area contributed by atoms with Crippen molar-refractivity contribution in [1.29, 1.82) is 0 Å². The SMILES string of the molecule is CC1=C(CC(C)(C)CC2(C)C3=C(CC(C)C=C3)c3cc(I)ccc32)c2ccc(N)cc2C1(C)C. The lowest BCUT2D eigenvalue weighted by atomic mass is 9.65. The number of nitrogens with two attached hydrogens (primary N) is 1. The maximum Gasteiger partial charge on any atom is 0.0317 e. The number of hydrogen-bond donors (Lipinski definition) is 1. The Balaban J connectivity index is 1.54. The van der Waals surface area contributed by atoms with Crippen molar-refractivity contribution in [3.8, 4) is 0 Å². The van der Waals surface area contributed by atoms with Crippen LogP contribution in [0.15, 0.2) is 59.7 Å². The van der Waals surface area contributed by atoms with Gasteiger partial charge in [-0.25, -0.2) is 0 Å². The van der Waals surface area contributed by atoms with Crippen LogP contribution in [0.5, 0.6) is 0 Å². The lowest BCUT2D eigenvalue weighted by Crippen LogP contribution is -2.30. The third-order valence-corrected chi connectivity index (χ3v) is 9.53. The molecule has 3 aliphatic carbocycles. The summed E-state index contributed by atoms with van der Waals surface area (Å²) in [6, 6.07) is 13.6. The Labute approximate surface area is 219 Å². The molecule has 5 rings (SSSR count). The summed E-state index contributed by atoms with van der Waals surface area (Å²) in [4.78, 5) is 0. The fourth-order valence-electron chi connectivity index (χ4n) is 7.07. The predicted octanol–water partition coefficient (Wildman–Crippen LogP) is 9.07. The van der Waals surface area contributed by atoms with Crippen LogP contribution in [0.1, 0.15) is 90.0 Å². The van der Waals surface area contributed by atoms with E-state index < -0.39 is 0 Å². The summed E-state index contributed by atoms with van der Waals surface area (Å²) in [6.45, 7) is 16.8. The van der Waals surface area contributed by atoms with Gasteiger partial charge in [0.05, 0.1) is 0 Å². The molecule has 0 saturated carbocycles. The molecule has 34 heavy (non-hydrogen) atoms. The van der Waals surface area contributed by atoms with E-state index in [4.69, 9.17) is 5.73 Å². The van der Waals surface area contributed by atoms with Gasteiger partial charge in [0.15, 0.2) is 0 Å². The number of hydrogen-bond acceptors (Lipinski definition) is 1. The molecule has 0 heterocycles. The number of nitrogen functional groups attached to an aromatic ring is 1. The first-order valence-corrected chi connectivity index (χ1v) is 13.7. The van der Waals surface area contributed by atoms with Crippen molar-refractivity contribution in [3.05, 3.63) is 85.5 Å². The van der Waals surface area contributed by atoms with E-state index in [0.717, 1.165) is 24.9 Å². The molecular formula is C32H38IN. The van der Waals surface area contributed by atoms with Crippen molar-refractivity contribution in [2.45, 2.75) is 78.6 Å². The van der Waals surface area contributed by atoms with E-state index in [1.165, 1.54) is 37.0 Å². The first-order valence-electron chi connectivity index (χ1n) is 12.7. The second kappa shape index (κ2) is 7.85. The molecule has 0 saturated heterocycles. The number of rotatable bonds is 4. The monoisotopic (exact) mass is 563 g/mol. The average molecular weight is 564 g/mol. The fraction of sp³-hybridized carbons (Fsp3) is 0.438. The maximum absolute atomic E-state index is 6.19. The highest BCUT2D eigenvalue weighted by molar-refractivity contribution is 14.1. The van der Waals surface area contributed by atoms with Gasteiger partial charge in [0.25, 0.3) is 0 Å². The lowest BCUT2D eigenvalue weighted by molar-refractivity contribution is 0.278. The van der Waals surface area contributed by atoms with Crippen LogP contribution in [0.3, 0.4) is 0 Å². The Morgan fingerprint density at radius 3 is 2.50 bits per heavy atom. The van der Waals surface area contributed by atoms with Crippen molar-refractivity contribution in [3.63, 3.8) is 0 Å². The minimum absolute atomic E-state index is 0.0363. The van der Waals surface area contributed by atoms with Crippen molar-refractivity contribution in [2.75, 3.05) is 5.73 Å². The van der Waals surface area contributed by atoms with Crippen LogP contribution in [-0.2, 0) is 10.8 Å². The van der Waals surface area contributed by atoms with Crippen LogP contribution in [0.2, 0.25) is 0 Å². The number of fused-ring (bicyclic) bond motifs is 3. The number of allylic oxidation sites excluding steroid dienone is 6. The number of halogens is 1. The van der Waals surface area contributed by atoms with Crippen LogP contribution in [0, 0.1) is 14.9 Å². The molecule has 3 aliphatic rings. The molecule has 2 aromatic carbocycles. The van der Waals surface area contributed by atoms with Crippen molar-refractivity contribution < 1.29 is 0 Å². The van der Waals surface area contributed by atoms with Crippen LogP contribution >= 0.6 is 22.6 Å². The summed E-state index contributed by atoms with van der Waals surface area (Å²) in [7, 11) is 0. The highest BCUT2D eigenvalue weighted by Gasteiger charge is 2.45. The highest BCUT2D eigenvalue weighted by Crippen LogP contribution is 2.57. The van der Waals surface area contributed by atoms with Crippen LogP contribution in [-0.4, -0.2) is 0 Å². The van der Waals surface area contributed by atoms with Crippen molar-refractivity contribution >= 4 is 39.4 Å². The second-order valence-electron chi connectivity index (χ2n) is 12.5. The zero-order valence-electron chi connectivity index (χ0n) is 21.8. The zero-order chi connectivity index (χ0) is 24.6. The molecule has 1 nitrogen and oxygen atoms in total. The lowest BCUT2D eigenvalue weighted by Gasteiger charge is -2.38. The molecule has 0 spiro atoms. The molecule has 2 unspecified atom stereocenters. The molecule has 2 aromatic rings. The Bertz CT molecular complexity index is 1290. The summed E-state index contributed by atoms with van der Waals surface area (Å²) in [5, 5.41) is 0.